The lowest BCUT2D eigenvalue weighted by Crippen LogP contribution is -2.52. The van der Waals surface area contributed by atoms with Gasteiger partial charge in [-0.1, -0.05) is 13.8 Å². The molecule has 18 heavy (non-hydrogen) atoms. The summed E-state index contributed by atoms with van der Waals surface area (Å²) in [5.41, 5.74) is 6.39. The van der Waals surface area contributed by atoms with E-state index in [4.69, 9.17) is 10.5 Å². The van der Waals surface area contributed by atoms with Gasteiger partial charge in [0, 0.05) is 25.7 Å². The second-order valence-corrected chi connectivity index (χ2v) is 6.86. The maximum Gasteiger partial charge on any atom is 0.0678 e. The van der Waals surface area contributed by atoms with Gasteiger partial charge in [0.25, 0.3) is 0 Å². The molecular formula is C15H30N2O. The molecule has 0 aromatic heterocycles. The van der Waals surface area contributed by atoms with Crippen molar-refractivity contribution in [2.24, 2.45) is 23.5 Å². The highest BCUT2D eigenvalue weighted by atomic mass is 16.5. The molecule has 2 N–H and O–H groups in total. The van der Waals surface area contributed by atoms with Gasteiger partial charge in [-0.05, 0) is 44.4 Å². The van der Waals surface area contributed by atoms with Crippen molar-refractivity contribution in [1.29, 1.82) is 0 Å². The summed E-state index contributed by atoms with van der Waals surface area (Å²) in [7, 11) is 0. The molecule has 0 radical (unpaired) electrons. The number of rotatable bonds is 2. The fourth-order valence-electron chi connectivity index (χ4n) is 4.01. The Morgan fingerprint density at radius 1 is 1.06 bits per heavy atom. The van der Waals surface area contributed by atoms with Crippen LogP contribution in [0.5, 0.6) is 0 Å². The Bertz CT molecular complexity index is 249. The molecule has 0 amide bonds. The van der Waals surface area contributed by atoms with E-state index in [1.807, 2.05) is 0 Å². The monoisotopic (exact) mass is 254 g/mol. The van der Waals surface area contributed by atoms with Gasteiger partial charge in [0.15, 0.2) is 0 Å². The van der Waals surface area contributed by atoms with Gasteiger partial charge in [-0.3, -0.25) is 4.90 Å². The molecule has 0 aromatic carbocycles. The molecular weight excluding hydrogens is 224 g/mol. The molecule has 2 rings (SSSR count). The molecule has 0 bridgehead atoms. The number of hydrogen-bond donors (Lipinski definition) is 1. The lowest BCUT2D eigenvalue weighted by molar-refractivity contribution is -0.0758. The summed E-state index contributed by atoms with van der Waals surface area (Å²) in [5, 5.41) is 0. The molecule has 1 aliphatic carbocycles. The summed E-state index contributed by atoms with van der Waals surface area (Å²) in [4.78, 5) is 2.57. The zero-order valence-electron chi connectivity index (χ0n) is 12.4. The van der Waals surface area contributed by atoms with Crippen LogP contribution in [0.15, 0.2) is 0 Å². The van der Waals surface area contributed by atoms with E-state index in [9.17, 15) is 0 Å². The quantitative estimate of drug-likeness (QED) is 0.820. The summed E-state index contributed by atoms with van der Waals surface area (Å²) in [6.45, 7) is 12.4. The van der Waals surface area contributed by atoms with Gasteiger partial charge in [-0.15, -0.1) is 0 Å². The molecule has 1 heterocycles. The molecule has 4 unspecified atom stereocenters. The summed E-state index contributed by atoms with van der Waals surface area (Å²) in [5.74, 6) is 2.23. The zero-order valence-corrected chi connectivity index (χ0v) is 12.4. The van der Waals surface area contributed by atoms with Crippen LogP contribution < -0.4 is 5.73 Å². The Morgan fingerprint density at radius 2 is 1.67 bits per heavy atom. The van der Waals surface area contributed by atoms with E-state index in [0.717, 1.165) is 31.5 Å². The van der Waals surface area contributed by atoms with E-state index in [1.54, 1.807) is 0 Å². The van der Waals surface area contributed by atoms with Crippen molar-refractivity contribution in [1.82, 2.24) is 4.90 Å². The van der Waals surface area contributed by atoms with Crippen LogP contribution in [-0.2, 0) is 4.74 Å². The van der Waals surface area contributed by atoms with Crippen LogP contribution in [0.3, 0.4) is 0 Å². The molecule has 2 fully saturated rings. The van der Waals surface area contributed by atoms with E-state index in [2.05, 4.69) is 32.6 Å². The first-order valence-corrected chi connectivity index (χ1v) is 7.59. The number of hydrogen-bond acceptors (Lipinski definition) is 3. The molecule has 3 nitrogen and oxygen atoms in total. The number of nitrogens with zero attached hydrogens (tertiary/aromatic N) is 1. The van der Waals surface area contributed by atoms with Crippen LogP contribution >= 0.6 is 0 Å². The predicted molar refractivity (Wildman–Crippen MR) is 75.5 cm³/mol. The molecule has 3 heteroatoms. The Kier molecular flexibility index (Phi) is 4.68. The SMILES string of the molecule is CC1CC(C)C(CN2C[C@@H](C)O[C@@H](C)C2)C(N)C1. The van der Waals surface area contributed by atoms with E-state index in [1.165, 1.54) is 12.8 Å². The zero-order chi connectivity index (χ0) is 13.3. The molecule has 0 aromatic rings. The van der Waals surface area contributed by atoms with Crippen molar-refractivity contribution < 1.29 is 4.74 Å². The predicted octanol–water partition coefficient (Wildman–Crippen LogP) is 2.11. The third-order valence-corrected chi connectivity index (χ3v) is 4.69. The van der Waals surface area contributed by atoms with Gasteiger partial charge in [-0.25, -0.2) is 0 Å². The van der Waals surface area contributed by atoms with Crippen LogP contribution in [0.4, 0.5) is 0 Å². The first-order valence-electron chi connectivity index (χ1n) is 7.59. The Morgan fingerprint density at radius 3 is 2.22 bits per heavy atom. The van der Waals surface area contributed by atoms with E-state index >= 15 is 0 Å². The number of nitrogens with two attached hydrogens (primary N) is 1. The molecule has 1 aliphatic heterocycles. The minimum atomic E-state index is 0.364. The largest absolute Gasteiger partial charge is 0.373 e. The van der Waals surface area contributed by atoms with Crippen LogP contribution in [0, 0.1) is 17.8 Å². The van der Waals surface area contributed by atoms with Crippen LogP contribution in [0.1, 0.15) is 40.5 Å². The van der Waals surface area contributed by atoms with Gasteiger partial charge in [0.1, 0.15) is 0 Å². The first-order chi connectivity index (χ1) is 8.45. The van der Waals surface area contributed by atoms with Gasteiger partial charge in [0.05, 0.1) is 12.2 Å². The van der Waals surface area contributed by atoms with Crippen LogP contribution in [0.25, 0.3) is 0 Å². The standard InChI is InChI=1S/C15H30N2O/c1-10-5-11(2)14(15(16)6-10)9-17-7-12(3)18-13(4)8-17/h10-15H,5-9,16H2,1-4H3/t10?,11?,12-,13+,14?,15?. The first kappa shape index (κ1) is 14.3. The molecule has 6 atom stereocenters. The minimum Gasteiger partial charge on any atom is -0.373 e. The molecule has 106 valence electrons. The minimum absolute atomic E-state index is 0.364. The lowest BCUT2D eigenvalue weighted by Gasteiger charge is -2.43. The van der Waals surface area contributed by atoms with E-state index in [0.29, 0.717) is 24.2 Å². The summed E-state index contributed by atoms with van der Waals surface area (Å²) < 4.78 is 5.80. The van der Waals surface area contributed by atoms with Crippen LogP contribution in [0.2, 0.25) is 0 Å². The normalized spacial score (nSPS) is 47.2. The van der Waals surface area contributed by atoms with Crippen molar-refractivity contribution in [3.05, 3.63) is 0 Å². The summed E-state index contributed by atoms with van der Waals surface area (Å²) in [6.07, 6.45) is 3.27. The van der Waals surface area contributed by atoms with Crippen molar-refractivity contribution in [2.75, 3.05) is 19.6 Å². The Hall–Kier alpha value is -0.120. The fraction of sp³-hybridized carbons (Fsp3) is 1.00. The summed E-state index contributed by atoms with van der Waals surface area (Å²) >= 11 is 0. The van der Waals surface area contributed by atoms with E-state index < -0.39 is 0 Å². The van der Waals surface area contributed by atoms with Crippen molar-refractivity contribution in [3.63, 3.8) is 0 Å². The average molecular weight is 254 g/mol. The second kappa shape index (κ2) is 5.89. The lowest BCUT2D eigenvalue weighted by atomic mass is 9.72. The van der Waals surface area contributed by atoms with Gasteiger partial charge < -0.3 is 10.5 Å². The number of ether oxygens (including phenoxy) is 1. The highest BCUT2D eigenvalue weighted by Gasteiger charge is 2.34. The van der Waals surface area contributed by atoms with Gasteiger partial charge in [0.2, 0.25) is 0 Å². The number of morpholine rings is 1. The molecule has 2 aliphatic rings. The maximum atomic E-state index is 6.39. The Labute approximate surface area is 112 Å². The van der Waals surface area contributed by atoms with Crippen LogP contribution in [-0.4, -0.2) is 42.8 Å². The van der Waals surface area contributed by atoms with E-state index in [-0.39, 0.29) is 0 Å². The van der Waals surface area contributed by atoms with Crippen molar-refractivity contribution >= 4 is 0 Å². The van der Waals surface area contributed by atoms with Gasteiger partial charge >= 0.3 is 0 Å². The third-order valence-electron chi connectivity index (χ3n) is 4.69. The molecule has 0 spiro atoms. The third kappa shape index (κ3) is 3.46. The second-order valence-electron chi connectivity index (χ2n) is 6.86. The van der Waals surface area contributed by atoms with Crippen molar-refractivity contribution in [3.8, 4) is 0 Å². The smallest absolute Gasteiger partial charge is 0.0678 e. The summed E-state index contributed by atoms with van der Waals surface area (Å²) in [6, 6.07) is 0.386. The highest BCUT2D eigenvalue weighted by Crippen LogP contribution is 2.33. The Balaban J connectivity index is 1.91. The highest BCUT2D eigenvalue weighted by molar-refractivity contribution is 4.88. The van der Waals surface area contributed by atoms with Gasteiger partial charge in [-0.2, -0.15) is 0 Å². The van der Waals surface area contributed by atoms with Crippen molar-refractivity contribution in [2.45, 2.75) is 58.8 Å². The maximum absolute atomic E-state index is 6.39. The molecule has 1 saturated heterocycles. The average Bonchev–Trinajstić information content (AvgIpc) is 2.22. The molecule has 1 saturated carbocycles. The topological polar surface area (TPSA) is 38.5 Å². The fourth-order valence-corrected chi connectivity index (χ4v) is 4.01.